The standard InChI is InChI=1S/C52H99NO10/c1-3-5-7-9-11-13-14-15-16-17-18-19-20-21-22-23-24-25-26-27-28-29-30-31-32-34-36-38-40-45(56)51(61)53-43(42-62-52-50(60)49(59)48(58)46(41-54)63-52)47(57)44(55)39-37-35-33-12-10-8-6-4-2/h18-19,21-22,43-50,52,54-60H,3-17,20,23-42H2,1-2H3,(H,53,61)/b19-18-,22-21-. The van der Waals surface area contributed by atoms with Gasteiger partial charge in [-0.05, 0) is 44.9 Å². The predicted octanol–water partition coefficient (Wildman–Crippen LogP) is 9.79. The SMILES string of the molecule is CCCCCCCCCCC/C=C\C/C=C\CCCCCCCCCCCCCCC(O)C(=O)NC(COC1OC(CO)C(O)C(O)C1O)C(O)C(O)CCCCCCCCCC. The highest BCUT2D eigenvalue weighted by molar-refractivity contribution is 5.80. The number of nitrogens with one attached hydrogen (secondary N) is 1. The highest BCUT2D eigenvalue weighted by Gasteiger charge is 2.44. The topological polar surface area (TPSA) is 189 Å². The summed E-state index contributed by atoms with van der Waals surface area (Å²) in [4.78, 5) is 13.1. The summed E-state index contributed by atoms with van der Waals surface area (Å²) in [5.74, 6) is -0.699. The summed E-state index contributed by atoms with van der Waals surface area (Å²) in [6.45, 7) is 3.40. The molecule has 0 aromatic carbocycles. The van der Waals surface area contributed by atoms with Gasteiger partial charge in [-0.3, -0.25) is 4.79 Å². The maximum atomic E-state index is 13.1. The van der Waals surface area contributed by atoms with Gasteiger partial charge >= 0.3 is 0 Å². The highest BCUT2D eigenvalue weighted by Crippen LogP contribution is 2.23. The minimum absolute atomic E-state index is 0.259. The van der Waals surface area contributed by atoms with Crippen LogP contribution in [0.3, 0.4) is 0 Å². The molecule has 0 bridgehead atoms. The van der Waals surface area contributed by atoms with E-state index in [2.05, 4.69) is 43.5 Å². The minimum atomic E-state index is -1.66. The van der Waals surface area contributed by atoms with E-state index in [0.717, 1.165) is 44.9 Å². The van der Waals surface area contributed by atoms with Gasteiger partial charge in [0, 0.05) is 0 Å². The second-order valence-corrected chi connectivity index (χ2v) is 18.6. The summed E-state index contributed by atoms with van der Waals surface area (Å²) in [6, 6.07) is -1.16. The Balaban J connectivity index is 2.22. The quantitative estimate of drug-likeness (QED) is 0.0216. The Bertz CT molecular complexity index is 1080. The lowest BCUT2D eigenvalue weighted by molar-refractivity contribution is -0.303. The molecule has 0 aromatic heterocycles. The Hall–Kier alpha value is -1.41. The number of carbonyl (C=O) groups is 1. The van der Waals surface area contributed by atoms with Crippen LogP contribution in [0.15, 0.2) is 24.3 Å². The number of carbonyl (C=O) groups excluding carboxylic acids is 1. The Morgan fingerprint density at radius 3 is 1.41 bits per heavy atom. The van der Waals surface area contributed by atoms with E-state index in [1.165, 1.54) is 148 Å². The van der Waals surface area contributed by atoms with E-state index in [1.807, 2.05) is 0 Å². The smallest absolute Gasteiger partial charge is 0.249 e. The normalized spacial score (nSPS) is 21.3. The first kappa shape index (κ1) is 59.6. The van der Waals surface area contributed by atoms with Gasteiger partial charge in [-0.15, -0.1) is 0 Å². The Labute approximate surface area is 384 Å². The Morgan fingerprint density at radius 1 is 0.556 bits per heavy atom. The predicted molar refractivity (Wildman–Crippen MR) is 256 cm³/mol. The third-order valence-electron chi connectivity index (χ3n) is 12.8. The van der Waals surface area contributed by atoms with Crippen molar-refractivity contribution in [2.24, 2.45) is 0 Å². The molecule has 0 aliphatic carbocycles. The molecule has 9 atom stereocenters. The maximum absolute atomic E-state index is 13.1. The Morgan fingerprint density at radius 2 is 0.968 bits per heavy atom. The molecule has 1 aliphatic heterocycles. The van der Waals surface area contributed by atoms with Crippen LogP contribution in [-0.2, 0) is 14.3 Å². The third-order valence-corrected chi connectivity index (χ3v) is 12.8. The molecule has 11 heteroatoms. The Kier molecular flexibility index (Phi) is 39.7. The molecule has 372 valence electrons. The summed E-state index contributed by atoms with van der Waals surface area (Å²) in [6.07, 6.45) is 36.9. The van der Waals surface area contributed by atoms with Gasteiger partial charge in [0.1, 0.15) is 36.6 Å². The molecular weight excluding hydrogens is 799 g/mol. The number of hydrogen-bond donors (Lipinski definition) is 8. The monoisotopic (exact) mass is 898 g/mol. The molecule has 0 radical (unpaired) electrons. The van der Waals surface area contributed by atoms with Crippen LogP contribution in [0, 0.1) is 0 Å². The zero-order valence-electron chi connectivity index (χ0n) is 40.3. The molecule has 0 saturated carbocycles. The van der Waals surface area contributed by atoms with Crippen molar-refractivity contribution in [1.29, 1.82) is 0 Å². The van der Waals surface area contributed by atoms with Crippen LogP contribution < -0.4 is 5.32 Å². The minimum Gasteiger partial charge on any atom is -0.394 e. The molecule has 0 aromatic rings. The van der Waals surface area contributed by atoms with Crippen LogP contribution in [0.4, 0.5) is 0 Å². The number of aliphatic hydroxyl groups excluding tert-OH is 7. The summed E-state index contributed by atoms with van der Waals surface area (Å²) in [7, 11) is 0. The molecular formula is C52H99NO10. The molecule has 0 spiro atoms. The number of unbranched alkanes of at least 4 members (excludes halogenated alkanes) is 28. The van der Waals surface area contributed by atoms with Gasteiger partial charge in [-0.2, -0.15) is 0 Å². The molecule has 1 aliphatic rings. The summed E-state index contributed by atoms with van der Waals surface area (Å²) >= 11 is 0. The van der Waals surface area contributed by atoms with Crippen LogP contribution >= 0.6 is 0 Å². The van der Waals surface area contributed by atoms with E-state index >= 15 is 0 Å². The summed E-state index contributed by atoms with van der Waals surface area (Å²) < 4.78 is 11.1. The average Bonchev–Trinajstić information content (AvgIpc) is 3.28. The largest absolute Gasteiger partial charge is 0.394 e. The fourth-order valence-corrected chi connectivity index (χ4v) is 8.41. The molecule has 1 fully saturated rings. The van der Waals surface area contributed by atoms with Gasteiger partial charge in [0.2, 0.25) is 5.91 Å². The summed E-state index contributed by atoms with van der Waals surface area (Å²) in [5.41, 5.74) is 0. The second-order valence-electron chi connectivity index (χ2n) is 18.6. The lowest BCUT2D eigenvalue weighted by Crippen LogP contribution is -2.60. The van der Waals surface area contributed by atoms with Crippen molar-refractivity contribution in [3.05, 3.63) is 24.3 Å². The lowest BCUT2D eigenvalue weighted by atomic mass is 9.98. The van der Waals surface area contributed by atoms with Crippen LogP contribution in [0.1, 0.15) is 232 Å². The number of amides is 1. The number of rotatable bonds is 44. The zero-order valence-corrected chi connectivity index (χ0v) is 40.3. The average molecular weight is 898 g/mol. The van der Waals surface area contributed by atoms with Crippen LogP contribution in [0.5, 0.6) is 0 Å². The fraction of sp³-hybridized carbons (Fsp3) is 0.904. The molecule has 1 rings (SSSR count). The van der Waals surface area contributed by atoms with Crippen molar-refractivity contribution in [3.8, 4) is 0 Å². The third kappa shape index (κ3) is 31.2. The van der Waals surface area contributed by atoms with Gasteiger partial charge in [0.05, 0.1) is 25.4 Å². The first-order chi connectivity index (χ1) is 30.7. The van der Waals surface area contributed by atoms with E-state index < -0.39 is 74.2 Å². The highest BCUT2D eigenvalue weighted by atomic mass is 16.7. The van der Waals surface area contributed by atoms with E-state index in [9.17, 15) is 40.5 Å². The first-order valence-corrected chi connectivity index (χ1v) is 26.2. The second kappa shape index (κ2) is 42.0. The van der Waals surface area contributed by atoms with Gasteiger partial charge in [0.15, 0.2) is 6.29 Å². The number of hydrogen-bond acceptors (Lipinski definition) is 10. The molecule has 8 N–H and O–H groups in total. The van der Waals surface area contributed by atoms with Crippen LogP contribution in [0.2, 0.25) is 0 Å². The van der Waals surface area contributed by atoms with E-state index in [-0.39, 0.29) is 6.42 Å². The van der Waals surface area contributed by atoms with Crippen molar-refractivity contribution >= 4 is 5.91 Å². The number of allylic oxidation sites excluding steroid dienone is 4. The molecule has 11 nitrogen and oxygen atoms in total. The van der Waals surface area contributed by atoms with Gasteiger partial charge in [0.25, 0.3) is 0 Å². The maximum Gasteiger partial charge on any atom is 0.249 e. The zero-order chi connectivity index (χ0) is 46.2. The van der Waals surface area contributed by atoms with Gasteiger partial charge < -0.3 is 50.5 Å². The van der Waals surface area contributed by atoms with Crippen molar-refractivity contribution in [1.82, 2.24) is 5.32 Å². The van der Waals surface area contributed by atoms with E-state index in [0.29, 0.717) is 19.3 Å². The van der Waals surface area contributed by atoms with Crippen LogP contribution in [0.25, 0.3) is 0 Å². The lowest BCUT2D eigenvalue weighted by Gasteiger charge is -2.40. The molecule has 9 unspecified atom stereocenters. The van der Waals surface area contributed by atoms with Gasteiger partial charge in [-0.25, -0.2) is 0 Å². The van der Waals surface area contributed by atoms with Crippen molar-refractivity contribution in [2.45, 2.75) is 287 Å². The fourth-order valence-electron chi connectivity index (χ4n) is 8.41. The molecule has 1 saturated heterocycles. The van der Waals surface area contributed by atoms with Gasteiger partial charge in [-0.1, -0.05) is 212 Å². The van der Waals surface area contributed by atoms with E-state index in [1.54, 1.807) is 0 Å². The van der Waals surface area contributed by atoms with Crippen LogP contribution in [-0.4, -0.2) is 110 Å². The number of aliphatic hydroxyl groups is 7. The first-order valence-electron chi connectivity index (χ1n) is 26.2. The molecule has 1 heterocycles. The molecule has 63 heavy (non-hydrogen) atoms. The van der Waals surface area contributed by atoms with Crippen molar-refractivity contribution in [2.75, 3.05) is 13.2 Å². The van der Waals surface area contributed by atoms with Crippen molar-refractivity contribution < 1.29 is 50.0 Å². The summed E-state index contributed by atoms with van der Waals surface area (Å²) in [5, 5.41) is 75.5. The molecule has 1 amide bonds. The van der Waals surface area contributed by atoms with E-state index in [4.69, 9.17) is 9.47 Å². The van der Waals surface area contributed by atoms with Crippen molar-refractivity contribution in [3.63, 3.8) is 0 Å². The number of ether oxygens (including phenoxy) is 2.